The molecule has 0 amide bonds. The zero-order chi connectivity index (χ0) is 7.82. The Morgan fingerprint density at radius 1 is 1.40 bits per heavy atom. The van der Waals surface area contributed by atoms with Crippen molar-refractivity contribution in [3.05, 3.63) is 12.2 Å². The van der Waals surface area contributed by atoms with E-state index in [1.807, 2.05) is 0 Å². The van der Waals surface area contributed by atoms with Crippen LogP contribution in [0.2, 0.25) is 0 Å². The highest BCUT2D eigenvalue weighted by molar-refractivity contribution is 4.76. The SMILES string of the molecule is CC=CCCCC(C)CC. The van der Waals surface area contributed by atoms with Crippen LogP contribution in [-0.2, 0) is 0 Å². The highest BCUT2D eigenvalue weighted by Gasteiger charge is 1.95. The molecule has 0 aromatic rings. The van der Waals surface area contributed by atoms with Crippen molar-refractivity contribution in [1.29, 1.82) is 0 Å². The van der Waals surface area contributed by atoms with Gasteiger partial charge >= 0.3 is 0 Å². The Balaban J connectivity index is 3.03. The van der Waals surface area contributed by atoms with Crippen molar-refractivity contribution < 1.29 is 0 Å². The Hall–Kier alpha value is -0.260. The zero-order valence-electron chi connectivity index (χ0n) is 7.56. The summed E-state index contributed by atoms with van der Waals surface area (Å²) in [4.78, 5) is 0. The Kier molecular flexibility index (Phi) is 6.68. The minimum atomic E-state index is 0.922. The van der Waals surface area contributed by atoms with Crippen LogP contribution in [0.25, 0.3) is 0 Å². The van der Waals surface area contributed by atoms with Gasteiger partial charge in [0.2, 0.25) is 0 Å². The maximum Gasteiger partial charge on any atom is -0.0351 e. The molecule has 0 aromatic carbocycles. The van der Waals surface area contributed by atoms with Crippen LogP contribution in [0, 0.1) is 5.92 Å². The fourth-order valence-corrected chi connectivity index (χ4v) is 0.955. The lowest BCUT2D eigenvalue weighted by molar-refractivity contribution is 0.498. The minimum Gasteiger partial charge on any atom is -0.0917 e. The Morgan fingerprint density at radius 2 is 2.10 bits per heavy atom. The lowest BCUT2D eigenvalue weighted by Gasteiger charge is -2.04. The summed E-state index contributed by atoms with van der Waals surface area (Å²) in [6.45, 7) is 6.68. The van der Waals surface area contributed by atoms with Gasteiger partial charge in [0.15, 0.2) is 0 Å². The molecule has 0 spiro atoms. The molecule has 1 atom stereocenters. The van der Waals surface area contributed by atoms with Gasteiger partial charge in [0.05, 0.1) is 0 Å². The molecule has 0 nitrogen and oxygen atoms in total. The van der Waals surface area contributed by atoms with Gasteiger partial charge in [0.25, 0.3) is 0 Å². The van der Waals surface area contributed by atoms with Gasteiger partial charge in [-0.25, -0.2) is 0 Å². The van der Waals surface area contributed by atoms with Gasteiger partial charge in [0.1, 0.15) is 0 Å². The van der Waals surface area contributed by atoms with Gasteiger partial charge in [-0.15, -0.1) is 0 Å². The molecule has 0 aliphatic heterocycles. The molecule has 0 saturated heterocycles. The molecule has 60 valence electrons. The maximum atomic E-state index is 2.33. The largest absolute Gasteiger partial charge is 0.0917 e. The summed E-state index contributed by atoms with van der Waals surface area (Å²) in [7, 11) is 0. The first-order valence-corrected chi connectivity index (χ1v) is 4.42. The van der Waals surface area contributed by atoms with E-state index >= 15 is 0 Å². The van der Waals surface area contributed by atoms with E-state index < -0.39 is 0 Å². The fourth-order valence-electron chi connectivity index (χ4n) is 0.955. The Labute approximate surface area is 65.3 Å². The van der Waals surface area contributed by atoms with Crippen LogP contribution < -0.4 is 0 Å². The third kappa shape index (κ3) is 5.87. The van der Waals surface area contributed by atoms with Crippen LogP contribution in [0.15, 0.2) is 12.2 Å². The second-order valence-electron chi connectivity index (χ2n) is 3.01. The van der Waals surface area contributed by atoms with Crippen LogP contribution in [0.4, 0.5) is 0 Å². The zero-order valence-corrected chi connectivity index (χ0v) is 7.56. The molecule has 0 N–H and O–H groups in total. The second kappa shape index (κ2) is 6.85. The van der Waals surface area contributed by atoms with E-state index in [-0.39, 0.29) is 0 Å². The van der Waals surface area contributed by atoms with Crippen LogP contribution in [0.1, 0.15) is 46.5 Å². The molecule has 0 saturated carbocycles. The summed E-state index contributed by atoms with van der Waals surface area (Å²) in [6.07, 6.45) is 9.73. The first-order valence-electron chi connectivity index (χ1n) is 4.42. The third-order valence-electron chi connectivity index (χ3n) is 2.00. The van der Waals surface area contributed by atoms with Crippen LogP contribution in [0.3, 0.4) is 0 Å². The molecule has 0 bridgehead atoms. The van der Waals surface area contributed by atoms with Crippen LogP contribution in [-0.4, -0.2) is 0 Å². The van der Waals surface area contributed by atoms with Crippen molar-refractivity contribution in [2.24, 2.45) is 5.92 Å². The van der Waals surface area contributed by atoms with Gasteiger partial charge in [0, 0.05) is 0 Å². The van der Waals surface area contributed by atoms with E-state index in [9.17, 15) is 0 Å². The summed E-state index contributed by atoms with van der Waals surface area (Å²) in [5.74, 6) is 0.922. The predicted octanol–water partition coefficient (Wildman–Crippen LogP) is 3.78. The van der Waals surface area contributed by atoms with Gasteiger partial charge < -0.3 is 0 Å². The van der Waals surface area contributed by atoms with Crippen molar-refractivity contribution in [2.45, 2.75) is 46.5 Å². The number of hydrogen-bond acceptors (Lipinski definition) is 0. The summed E-state index contributed by atoms with van der Waals surface area (Å²) >= 11 is 0. The molecule has 10 heavy (non-hydrogen) atoms. The average Bonchev–Trinajstić information content (AvgIpc) is 1.98. The number of rotatable bonds is 5. The van der Waals surface area contributed by atoms with Gasteiger partial charge in [-0.3, -0.25) is 0 Å². The quantitative estimate of drug-likeness (QED) is 0.402. The van der Waals surface area contributed by atoms with Crippen molar-refractivity contribution in [3.8, 4) is 0 Å². The number of allylic oxidation sites excluding steroid dienone is 2. The number of hydrogen-bond donors (Lipinski definition) is 0. The monoisotopic (exact) mass is 140 g/mol. The van der Waals surface area contributed by atoms with E-state index in [1.54, 1.807) is 0 Å². The molecule has 1 unspecified atom stereocenters. The molecule has 0 aliphatic carbocycles. The summed E-state index contributed by atoms with van der Waals surface area (Å²) in [5.41, 5.74) is 0. The summed E-state index contributed by atoms with van der Waals surface area (Å²) < 4.78 is 0. The molecule has 0 fully saturated rings. The normalized spacial score (nSPS) is 14.3. The lowest BCUT2D eigenvalue weighted by Crippen LogP contribution is -1.90. The summed E-state index contributed by atoms with van der Waals surface area (Å²) in [6, 6.07) is 0. The molecular formula is C10H20. The second-order valence-corrected chi connectivity index (χ2v) is 3.01. The first kappa shape index (κ1) is 9.74. The van der Waals surface area contributed by atoms with Crippen molar-refractivity contribution in [3.63, 3.8) is 0 Å². The average molecular weight is 140 g/mol. The minimum absolute atomic E-state index is 0.922. The van der Waals surface area contributed by atoms with Gasteiger partial charge in [-0.05, 0) is 25.7 Å². The summed E-state index contributed by atoms with van der Waals surface area (Å²) in [5, 5.41) is 0. The lowest BCUT2D eigenvalue weighted by atomic mass is 10.0. The van der Waals surface area contributed by atoms with E-state index in [4.69, 9.17) is 0 Å². The van der Waals surface area contributed by atoms with Gasteiger partial charge in [-0.2, -0.15) is 0 Å². The van der Waals surface area contributed by atoms with E-state index in [1.165, 1.54) is 25.7 Å². The predicted molar refractivity (Wildman–Crippen MR) is 48.1 cm³/mol. The van der Waals surface area contributed by atoms with Gasteiger partial charge in [-0.1, -0.05) is 38.8 Å². The van der Waals surface area contributed by atoms with Crippen LogP contribution >= 0.6 is 0 Å². The maximum absolute atomic E-state index is 2.33. The highest BCUT2D eigenvalue weighted by atomic mass is 14.0. The van der Waals surface area contributed by atoms with E-state index in [0.717, 1.165) is 5.92 Å². The standard InChI is InChI=1S/C10H20/c1-4-6-7-8-9-10(3)5-2/h4,6,10H,5,7-9H2,1-3H3. The molecule has 0 heterocycles. The number of unbranched alkanes of at least 4 members (excludes halogenated alkanes) is 1. The first-order chi connectivity index (χ1) is 4.81. The smallest absolute Gasteiger partial charge is 0.0351 e. The fraction of sp³-hybridized carbons (Fsp3) is 0.800. The van der Waals surface area contributed by atoms with Crippen LogP contribution in [0.5, 0.6) is 0 Å². The Morgan fingerprint density at radius 3 is 2.60 bits per heavy atom. The van der Waals surface area contributed by atoms with Crippen molar-refractivity contribution >= 4 is 0 Å². The van der Waals surface area contributed by atoms with E-state index in [2.05, 4.69) is 32.9 Å². The molecule has 0 rings (SSSR count). The van der Waals surface area contributed by atoms with Crippen molar-refractivity contribution in [2.75, 3.05) is 0 Å². The van der Waals surface area contributed by atoms with E-state index in [0.29, 0.717) is 0 Å². The molecule has 0 aromatic heterocycles. The van der Waals surface area contributed by atoms with Crippen molar-refractivity contribution in [1.82, 2.24) is 0 Å². The topological polar surface area (TPSA) is 0 Å². The third-order valence-corrected chi connectivity index (χ3v) is 2.00. The molecule has 0 aliphatic rings. The molecule has 0 heteroatoms. The molecular weight excluding hydrogens is 120 g/mol. The highest BCUT2D eigenvalue weighted by Crippen LogP contribution is 2.10. The molecule has 0 radical (unpaired) electrons. The Bertz CT molecular complexity index is 82.0.